The van der Waals surface area contributed by atoms with E-state index < -0.39 is 0 Å². The van der Waals surface area contributed by atoms with Crippen LogP contribution in [0.3, 0.4) is 0 Å². The number of hydrogen-bond donors (Lipinski definition) is 1. The molecule has 96 valence electrons. The average Bonchev–Trinajstić information content (AvgIpc) is 2.88. The van der Waals surface area contributed by atoms with E-state index >= 15 is 0 Å². The van der Waals surface area contributed by atoms with Gasteiger partial charge in [-0.15, -0.1) is 10.2 Å². The van der Waals surface area contributed by atoms with Crippen LogP contribution < -0.4 is 10.2 Å². The zero-order valence-electron chi connectivity index (χ0n) is 10.6. The number of rotatable bonds is 3. The van der Waals surface area contributed by atoms with Crippen LogP contribution in [0.4, 0.5) is 5.82 Å². The number of aromatic nitrogens is 4. The first-order chi connectivity index (χ1) is 8.88. The Morgan fingerprint density at radius 1 is 1.39 bits per heavy atom. The van der Waals surface area contributed by atoms with Gasteiger partial charge in [-0.25, -0.2) is 4.98 Å². The second-order valence-electron chi connectivity index (χ2n) is 4.80. The van der Waals surface area contributed by atoms with Gasteiger partial charge in [-0.2, -0.15) is 0 Å². The summed E-state index contributed by atoms with van der Waals surface area (Å²) in [7, 11) is 2.02. The lowest BCUT2D eigenvalue weighted by Crippen LogP contribution is -2.37. The Kier molecular flexibility index (Phi) is 3.10. The molecule has 0 unspecified atom stereocenters. The molecule has 0 amide bonds. The smallest absolute Gasteiger partial charge is 0.203 e. The van der Waals surface area contributed by atoms with Crippen LogP contribution in [0.1, 0.15) is 12.8 Å². The van der Waals surface area contributed by atoms with E-state index in [1.807, 2.05) is 23.8 Å². The fraction of sp³-hybridized carbons (Fsp3) is 0.583. The average molecular weight is 246 g/mol. The molecule has 0 spiro atoms. The van der Waals surface area contributed by atoms with Gasteiger partial charge in [-0.3, -0.25) is 4.40 Å². The SMILES string of the molecule is CNCC1CCN(c2nccn3cnnc23)CC1. The highest BCUT2D eigenvalue weighted by Gasteiger charge is 2.21. The summed E-state index contributed by atoms with van der Waals surface area (Å²) in [6.45, 7) is 3.20. The van der Waals surface area contributed by atoms with Crippen molar-refractivity contribution >= 4 is 11.5 Å². The first-order valence-electron chi connectivity index (χ1n) is 6.42. The standard InChI is InChI=1S/C12H18N6/c1-13-8-10-2-5-17(6-3-10)11-12-16-15-9-18(12)7-4-14-11/h4,7,9-10,13H,2-3,5-6,8H2,1H3. The molecular formula is C12H18N6. The first-order valence-corrected chi connectivity index (χ1v) is 6.42. The Labute approximate surface area is 106 Å². The first kappa shape index (κ1) is 11.4. The van der Waals surface area contributed by atoms with E-state index in [1.165, 1.54) is 12.8 Å². The second kappa shape index (κ2) is 4.89. The molecule has 1 aliphatic heterocycles. The lowest BCUT2D eigenvalue weighted by molar-refractivity contribution is 0.392. The molecule has 2 aromatic rings. The van der Waals surface area contributed by atoms with E-state index in [9.17, 15) is 0 Å². The van der Waals surface area contributed by atoms with E-state index in [-0.39, 0.29) is 0 Å². The minimum atomic E-state index is 0.781. The highest BCUT2D eigenvalue weighted by atomic mass is 15.3. The number of hydrogen-bond acceptors (Lipinski definition) is 5. The van der Waals surface area contributed by atoms with Crippen LogP contribution in [-0.2, 0) is 0 Å². The molecule has 1 N–H and O–H groups in total. The van der Waals surface area contributed by atoms with Gasteiger partial charge in [0, 0.05) is 25.5 Å². The van der Waals surface area contributed by atoms with Crippen molar-refractivity contribution in [2.45, 2.75) is 12.8 Å². The number of fused-ring (bicyclic) bond motifs is 1. The van der Waals surface area contributed by atoms with Gasteiger partial charge >= 0.3 is 0 Å². The Balaban J connectivity index is 1.78. The van der Waals surface area contributed by atoms with Crippen LogP contribution in [0.25, 0.3) is 5.65 Å². The van der Waals surface area contributed by atoms with Gasteiger partial charge < -0.3 is 10.2 Å². The fourth-order valence-electron chi connectivity index (χ4n) is 2.61. The second-order valence-corrected chi connectivity index (χ2v) is 4.80. The molecular weight excluding hydrogens is 228 g/mol. The summed E-state index contributed by atoms with van der Waals surface area (Å²) in [5.41, 5.74) is 0.851. The lowest BCUT2D eigenvalue weighted by atomic mass is 9.97. The summed E-state index contributed by atoms with van der Waals surface area (Å²) < 4.78 is 1.92. The van der Waals surface area contributed by atoms with Gasteiger partial charge in [0.2, 0.25) is 5.65 Å². The minimum Gasteiger partial charge on any atom is -0.353 e. The number of nitrogens with one attached hydrogen (secondary N) is 1. The molecule has 0 saturated carbocycles. The highest BCUT2D eigenvalue weighted by molar-refractivity contribution is 5.63. The molecule has 1 fully saturated rings. The predicted molar refractivity (Wildman–Crippen MR) is 69.6 cm³/mol. The van der Waals surface area contributed by atoms with Gasteiger partial charge in [0.15, 0.2) is 5.82 Å². The molecule has 3 rings (SSSR count). The predicted octanol–water partition coefficient (Wildman–Crippen LogP) is 0.560. The van der Waals surface area contributed by atoms with Crippen LogP contribution in [0.2, 0.25) is 0 Å². The maximum atomic E-state index is 4.46. The van der Waals surface area contributed by atoms with Crippen molar-refractivity contribution < 1.29 is 0 Å². The van der Waals surface area contributed by atoms with E-state index in [2.05, 4.69) is 25.4 Å². The van der Waals surface area contributed by atoms with E-state index in [0.717, 1.165) is 37.0 Å². The Bertz CT molecular complexity index is 514. The fourth-order valence-corrected chi connectivity index (χ4v) is 2.61. The third-order valence-corrected chi connectivity index (χ3v) is 3.60. The molecule has 2 aromatic heterocycles. The monoisotopic (exact) mass is 246 g/mol. The highest BCUT2D eigenvalue weighted by Crippen LogP contribution is 2.23. The van der Waals surface area contributed by atoms with Gasteiger partial charge in [0.05, 0.1) is 0 Å². The number of anilines is 1. The Morgan fingerprint density at radius 3 is 3.00 bits per heavy atom. The van der Waals surface area contributed by atoms with Crippen molar-refractivity contribution in [3.63, 3.8) is 0 Å². The van der Waals surface area contributed by atoms with Crippen molar-refractivity contribution in [2.24, 2.45) is 5.92 Å². The molecule has 0 atom stereocenters. The summed E-state index contributed by atoms with van der Waals surface area (Å²) in [4.78, 5) is 6.78. The third kappa shape index (κ3) is 2.03. The summed E-state index contributed by atoms with van der Waals surface area (Å²) in [5, 5.41) is 11.3. The van der Waals surface area contributed by atoms with Gasteiger partial charge in [0.1, 0.15) is 6.33 Å². The molecule has 6 nitrogen and oxygen atoms in total. The number of piperidine rings is 1. The van der Waals surface area contributed by atoms with Crippen molar-refractivity contribution in [2.75, 3.05) is 31.6 Å². The minimum absolute atomic E-state index is 0.781. The molecule has 0 aliphatic carbocycles. The van der Waals surface area contributed by atoms with Crippen LogP contribution in [0.5, 0.6) is 0 Å². The van der Waals surface area contributed by atoms with Crippen molar-refractivity contribution in [3.05, 3.63) is 18.7 Å². The third-order valence-electron chi connectivity index (χ3n) is 3.60. The maximum absolute atomic E-state index is 4.46. The Hall–Kier alpha value is -1.69. The van der Waals surface area contributed by atoms with Crippen LogP contribution >= 0.6 is 0 Å². The molecule has 18 heavy (non-hydrogen) atoms. The normalized spacial score (nSPS) is 17.5. The topological polar surface area (TPSA) is 58.4 Å². The van der Waals surface area contributed by atoms with Gasteiger partial charge in [0.25, 0.3) is 0 Å². The van der Waals surface area contributed by atoms with Gasteiger partial charge in [-0.1, -0.05) is 0 Å². The van der Waals surface area contributed by atoms with Crippen molar-refractivity contribution in [3.8, 4) is 0 Å². The molecule has 1 saturated heterocycles. The Morgan fingerprint density at radius 2 is 2.22 bits per heavy atom. The largest absolute Gasteiger partial charge is 0.353 e. The zero-order chi connectivity index (χ0) is 12.4. The summed E-state index contributed by atoms with van der Waals surface area (Å²) in [6.07, 6.45) is 7.82. The quantitative estimate of drug-likeness (QED) is 0.857. The molecule has 1 aliphatic rings. The molecule has 3 heterocycles. The molecule has 0 radical (unpaired) electrons. The lowest BCUT2D eigenvalue weighted by Gasteiger charge is -2.32. The molecule has 6 heteroatoms. The summed E-state index contributed by atoms with van der Waals surface area (Å²) in [5.74, 6) is 1.74. The van der Waals surface area contributed by atoms with Crippen molar-refractivity contribution in [1.29, 1.82) is 0 Å². The van der Waals surface area contributed by atoms with Crippen molar-refractivity contribution in [1.82, 2.24) is 24.9 Å². The zero-order valence-corrected chi connectivity index (χ0v) is 10.6. The van der Waals surface area contributed by atoms with E-state index in [1.54, 1.807) is 6.33 Å². The van der Waals surface area contributed by atoms with Crippen LogP contribution in [-0.4, -0.2) is 46.3 Å². The van der Waals surface area contributed by atoms with E-state index in [4.69, 9.17) is 0 Å². The maximum Gasteiger partial charge on any atom is 0.203 e. The molecule has 0 aromatic carbocycles. The number of nitrogens with zero attached hydrogens (tertiary/aromatic N) is 5. The van der Waals surface area contributed by atoms with Gasteiger partial charge in [-0.05, 0) is 32.4 Å². The van der Waals surface area contributed by atoms with E-state index in [0.29, 0.717) is 0 Å². The summed E-state index contributed by atoms with van der Waals surface area (Å²) in [6, 6.07) is 0. The summed E-state index contributed by atoms with van der Waals surface area (Å²) >= 11 is 0. The molecule has 0 bridgehead atoms. The van der Waals surface area contributed by atoms with Crippen LogP contribution in [0, 0.1) is 5.92 Å². The van der Waals surface area contributed by atoms with Crippen LogP contribution in [0.15, 0.2) is 18.7 Å².